The fourth-order valence-electron chi connectivity index (χ4n) is 4.39. The van der Waals surface area contributed by atoms with E-state index in [0.717, 1.165) is 38.0 Å². The first-order chi connectivity index (χ1) is 16.7. The van der Waals surface area contributed by atoms with Crippen LogP contribution in [0.15, 0.2) is 71.6 Å². The second kappa shape index (κ2) is 11.1. The summed E-state index contributed by atoms with van der Waals surface area (Å²) in [6, 6.07) is 20.1. The van der Waals surface area contributed by atoms with Crippen LogP contribution in [0.5, 0.6) is 0 Å². The standard InChI is InChI=1S/C26H27Cl2N3O3S/c1-35(33,34)23-9-7-20(8-10-23)18-31(26(32)21-15-24(27)29-25(28)16-21)22-11-13-30(14-12-22)17-19-5-3-2-4-6-19/h2-10,15-16,22H,11-14,17-18H2,1H3. The molecule has 3 aromatic rings. The summed E-state index contributed by atoms with van der Waals surface area (Å²) in [7, 11) is -3.29. The molecule has 1 aliphatic rings. The largest absolute Gasteiger partial charge is 0.331 e. The number of nitrogens with zero attached hydrogens (tertiary/aromatic N) is 3. The Morgan fingerprint density at radius 3 is 2.14 bits per heavy atom. The Hall–Kier alpha value is -2.45. The lowest BCUT2D eigenvalue weighted by Gasteiger charge is -2.39. The molecule has 1 saturated heterocycles. The second-order valence-corrected chi connectivity index (χ2v) is 11.6. The Bertz CT molecular complexity index is 1260. The van der Waals surface area contributed by atoms with Crippen molar-refractivity contribution < 1.29 is 13.2 Å². The smallest absolute Gasteiger partial charge is 0.254 e. The number of likely N-dealkylation sites (tertiary alicyclic amines) is 1. The van der Waals surface area contributed by atoms with Crippen LogP contribution in [0.1, 0.15) is 34.3 Å². The molecule has 1 aromatic heterocycles. The van der Waals surface area contributed by atoms with Gasteiger partial charge >= 0.3 is 0 Å². The number of sulfone groups is 1. The van der Waals surface area contributed by atoms with Crippen LogP contribution in [0.3, 0.4) is 0 Å². The van der Waals surface area contributed by atoms with Crippen LogP contribution in [0.4, 0.5) is 0 Å². The van der Waals surface area contributed by atoms with Gasteiger partial charge in [-0.3, -0.25) is 9.69 Å². The summed E-state index contributed by atoms with van der Waals surface area (Å²) in [5.41, 5.74) is 2.50. The third kappa shape index (κ3) is 6.82. The summed E-state index contributed by atoms with van der Waals surface area (Å²) in [6.07, 6.45) is 2.83. The van der Waals surface area contributed by atoms with E-state index in [-0.39, 0.29) is 27.2 Å². The molecule has 6 nitrogen and oxygen atoms in total. The average molecular weight is 532 g/mol. The van der Waals surface area contributed by atoms with Crippen LogP contribution >= 0.6 is 23.2 Å². The van der Waals surface area contributed by atoms with Crippen molar-refractivity contribution in [3.05, 3.63) is 93.7 Å². The summed E-state index contributed by atoms with van der Waals surface area (Å²) >= 11 is 12.1. The first-order valence-electron chi connectivity index (χ1n) is 11.4. The molecule has 1 aliphatic heterocycles. The van der Waals surface area contributed by atoms with Gasteiger partial charge in [0.05, 0.1) is 4.90 Å². The number of rotatable bonds is 7. The molecule has 0 radical (unpaired) electrons. The van der Waals surface area contributed by atoms with Gasteiger partial charge in [0.25, 0.3) is 5.91 Å². The second-order valence-electron chi connectivity index (χ2n) is 8.84. The van der Waals surface area contributed by atoms with Crippen molar-refractivity contribution in [2.75, 3.05) is 19.3 Å². The molecule has 4 rings (SSSR count). The third-order valence-corrected chi connectivity index (χ3v) is 7.74. The predicted molar refractivity (Wildman–Crippen MR) is 138 cm³/mol. The number of halogens is 2. The first kappa shape index (κ1) is 25.6. The summed E-state index contributed by atoms with van der Waals surface area (Å²) in [5, 5.41) is 0.326. The van der Waals surface area contributed by atoms with Gasteiger partial charge in [-0.05, 0) is 48.2 Å². The number of piperidine rings is 1. The minimum absolute atomic E-state index is 0.0230. The molecular weight excluding hydrogens is 505 g/mol. The van der Waals surface area contributed by atoms with Gasteiger partial charge in [0, 0.05) is 44.0 Å². The Morgan fingerprint density at radius 2 is 1.57 bits per heavy atom. The van der Waals surface area contributed by atoms with Gasteiger partial charge < -0.3 is 4.90 Å². The van der Waals surface area contributed by atoms with Gasteiger partial charge in [0.1, 0.15) is 10.3 Å². The first-order valence-corrected chi connectivity index (χ1v) is 14.0. The van der Waals surface area contributed by atoms with Crippen molar-refractivity contribution in [2.45, 2.75) is 36.9 Å². The van der Waals surface area contributed by atoms with Gasteiger partial charge in [0.2, 0.25) is 0 Å². The van der Waals surface area contributed by atoms with Crippen molar-refractivity contribution in [1.82, 2.24) is 14.8 Å². The zero-order chi connectivity index (χ0) is 25.0. The molecule has 0 unspecified atom stereocenters. The topological polar surface area (TPSA) is 70.6 Å². The van der Waals surface area contributed by atoms with E-state index in [1.807, 2.05) is 23.1 Å². The maximum Gasteiger partial charge on any atom is 0.254 e. The number of hydrogen-bond donors (Lipinski definition) is 0. The average Bonchev–Trinajstić information content (AvgIpc) is 2.82. The van der Waals surface area contributed by atoms with E-state index in [1.165, 1.54) is 24.0 Å². The predicted octanol–water partition coefficient (Wildman–Crippen LogP) is 5.10. The van der Waals surface area contributed by atoms with Crippen molar-refractivity contribution in [3.63, 3.8) is 0 Å². The molecule has 0 atom stereocenters. The minimum atomic E-state index is -3.29. The molecule has 2 heterocycles. The fraction of sp³-hybridized carbons (Fsp3) is 0.308. The Morgan fingerprint density at radius 1 is 0.971 bits per heavy atom. The van der Waals surface area contributed by atoms with Crippen LogP contribution in [0.25, 0.3) is 0 Å². The van der Waals surface area contributed by atoms with Gasteiger partial charge in [-0.25, -0.2) is 13.4 Å². The highest BCUT2D eigenvalue weighted by molar-refractivity contribution is 7.90. The van der Waals surface area contributed by atoms with Crippen LogP contribution in [-0.4, -0.2) is 54.5 Å². The Balaban J connectivity index is 1.53. The molecular formula is C26H27Cl2N3O3S. The molecule has 0 saturated carbocycles. The molecule has 184 valence electrons. The molecule has 1 fully saturated rings. The van der Waals surface area contributed by atoms with Crippen molar-refractivity contribution in [3.8, 4) is 0 Å². The van der Waals surface area contributed by atoms with E-state index in [2.05, 4.69) is 22.0 Å². The molecule has 0 spiro atoms. The molecule has 0 bridgehead atoms. The zero-order valence-electron chi connectivity index (χ0n) is 19.4. The van der Waals surface area contributed by atoms with Crippen LogP contribution in [0, 0.1) is 0 Å². The number of carbonyl (C=O) groups is 1. The highest BCUT2D eigenvalue weighted by Crippen LogP contribution is 2.25. The van der Waals surface area contributed by atoms with Crippen LogP contribution < -0.4 is 0 Å². The van der Waals surface area contributed by atoms with Crippen LogP contribution in [0.2, 0.25) is 10.3 Å². The highest BCUT2D eigenvalue weighted by atomic mass is 35.5. The number of pyridine rings is 1. The van der Waals surface area contributed by atoms with E-state index in [1.54, 1.807) is 24.3 Å². The molecule has 9 heteroatoms. The summed E-state index contributed by atoms with van der Waals surface area (Å²) in [6.45, 7) is 2.97. The lowest BCUT2D eigenvalue weighted by Crippen LogP contribution is -2.46. The number of hydrogen-bond acceptors (Lipinski definition) is 5. The van der Waals surface area contributed by atoms with Gasteiger partial charge in [-0.2, -0.15) is 0 Å². The van der Waals surface area contributed by atoms with Gasteiger partial charge in [-0.1, -0.05) is 65.7 Å². The Labute approximate surface area is 216 Å². The quantitative estimate of drug-likeness (QED) is 0.396. The zero-order valence-corrected chi connectivity index (χ0v) is 21.7. The minimum Gasteiger partial charge on any atom is -0.331 e. The highest BCUT2D eigenvalue weighted by Gasteiger charge is 2.29. The lowest BCUT2D eigenvalue weighted by atomic mass is 10.00. The molecule has 2 aromatic carbocycles. The van der Waals surface area contributed by atoms with E-state index in [0.29, 0.717) is 12.1 Å². The van der Waals surface area contributed by atoms with Crippen LogP contribution in [-0.2, 0) is 22.9 Å². The summed E-state index contributed by atoms with van der Waals surface area (Å²) in [5.74, 6) is -0.176. The fourth-order valence-corrected chi connectivity index (χ4v) is 5.48. The molecule has 1 amide bonds. The molecule has 35 heavy (non-hydrogen) atoms. The summed E-state index contributed by atoms with van der Waals surface area (Å²) in [4.78, 5) is 22.1. The number of carbonyl (C=O) groups excluding carboxylic acids is 1. The number of benzene rings is 2. The number of amides is 1. The molecule has 0 aliphatic carbocycles. The SMILES string of the molecule is CS(=O)(=O)c1ccc(CN(C(=O)c2cc(Cl)nc(Cl)c2)C2CCN(Cc3ccccc3)CC2)cc1. The van der Waals surface area contributed by atoms with Gasteiger partial charge in [0.15, 0.2) is 9.84 Å². The Kier molecular flexibility index (Phi) is 8.12. The monoisotopic (exact) mass is 531 g/mol. The third-order valence-electron chi connectivity index (χ3n) is 6.22. The maximum absolute atomic E-state index is 13.6. The lowest BCUT2D eigenvalue weighted by molar-refractivity contribution is 0.0542. The van der Waals surface area contributed by atoms with E-state index in [4.69, 9.17) is 23.2 Å². The summed E-state index contributed by atoms with van der Waals surface area (Å²) < 4.78 is 23.7. The van der Waals surface area contributed by atoms with E-state index < -0.39 is 9.84 Å². The van der Waals surface area contributed by atoms with Crippen molar-refractivity contribution in [1.29, 1.82) is 0 Å². The van der Waals surface area contributed by atoms with E-state index >= 15 is 0 Å². The maximum atomic E-state index is 13.6. The van der Waals surface area contributed by atoms with Gasteiger partial charge in [-0.15, -0.1) is 0 Å². The van der Waals surface area contributed by atoms with Crippen molar-refractivity contribution in [2.24, 2.45) is 0 Å². The van der Waals surface area contributed by atoms with E-state index in [9.17, 15) is 13.2 Å². The van der Waals surface area contributed by atoms with Crippen molar-refractivity contribution >= 4 is 38.9 Å². The molecule has 0 N–H and O–H groups in total. The normalized spacial score (nSPS) is 15.2. The number of aromatic nitrogens is 1.